The Balaban J connectivity index is 1.97. The van der Waals surface area contributed by atoms with E-state index in [0.717, 1.165) is 38.2 Å². The van der Waals surface area contributed by atoms with Crippen LogP contribution in [0.25, 0.3) is 0 Å². The maximum Gasteiger partial charge on any atom is 0.219 e. The molecule has 0 aromatic carbocycles. The summed E-state index contributed by atoms with van der Waals surface area (Å²) in [5.74, 6) is 2.86. The maximum absolute atomic E-state index is 12.0. The van der Waals surface area contributed by atoms with Gasteiger partial charge in [-0.05, 0) is 63.0 Å². The van der Waals surface area contributed by atoms with Gasteiger partial charge in [0, 0.05) is 20.1 Å². The van der Waals surface area contributed by atoms with E-state index in [-0.39, 0.29) is 11.5 Å². The first-order chi connectivity index (χ1) is 11.3. The summed E-state index contributed by atoms with van der Waals surface area (Å²) in [7, 11) is 0. The van der Waals surface area contributed by atoms with Crippen molar-refractivity contribution in [3.63, 3.8) is 0 Å². The number of carbonyl (C=O) groups excluding carboxylic acids is 1. The Kier molecular flexibility index (Phi) is 6.50. The normalized spacial score (nSPS) is 21.7. The second-order valence-corrected chi connectivity index (χ2v) is 8.08. The number of rotatable bonds is 7. The quantitative estimate of drug-likeness (QED) is 0.737. The molecule has 0 saturated carbocycles. The topological polar surface area (TPSA) is 42.7 Å². The maximum atomic E-state index is 12.0. The fourth-order valence-electron chi connectivity index (χ4n) is 4.00. The molecule has 0 unspecified atom stereocenters. The predicted octanol–water partition coefficient (Wildman–Crippen LogP) is 4.50. The fourth-order valence-corrected chi connectivity index (χ4v) is 4.00. The van der Waals surface area contributed by atoms with E-state index in [0.29, 0.717) is 24.3 Å². The van der Waals surface area contributed by atoms with E-state index >= 15 is 0 Å². The van der Waals surface area contributed by atoms with Gasteiger partial charge in [0.25, 0.3) is 0 Å². The molecular weight excluding hydrogens is 302 g/mol. The highest BCUT2D eigenvalue weighted by Gasteiger charge is 2.34. The molecule has 1 amide bonds. The van der Waals surface area contributed by atoms with Gasteiger partial charge in [0.05, 0.1) is 18.4 Å². The van der Waals surface area contributed by atoms with Crippen molar-refractivity contribution in [1.29, 1.82) is 0 Å². The molecule has 136 valence electrons. The standard InChI is InChI=1S/C20H33NO3/c1-15(2)19(17-9-12-24-20(4,5)13-17)8-10-21(16(3)22)14-18-7-6-11-23-18/h6-7,11,15,17,19H,8-10,12-14H2,1-5H3/t17-,19+/m0/s1. The van der Waals surface area contributed by atoms with Crippen LogP contribution in [0.3, 0.4) is 0 Å². The molecule has 0 spiro atoms. The van der Waals surface area contributed by atoms with Crippen LogP contribution in [-0.4, -0.2) is 29.6 Å². The van der Waals surface area contributed by atoms with Gasteiger partial charge >= 0.3 is 0 Å². The van der Waals surface area contributed by atoms with Crippen LogP contribution in [0.4, 0.5) is 0 Å². The zero-order valence-corrected chi connectivity index (χ0v) is 15.9. The van der Waals surface area contributed by atoms with Gasteiger partial charge in [0.2, 0.25) is 5.91 Å². The summed E-state index contributed by atoms with van der Waals surface area (Å²) >= 11 is 0. The van der Waals surface area contributed by atoms with Gasteiger partial charge in [0.15, 0.2) is 0 Å². The third kappa shape index (κ3) is 5.37. The molecule has 2 heterocycles. The van der Waals surface area contributed by atoms with Crippen molar-refractivity contribution in [2.45, 2.75) is 66.0 Å². The van der Waals surface area contributed by atoms with Gasteiger partial charge in [-0.2, -0.15) is 0 Å². The molecule has 1 saturated heterocycles. The first-order valence-corrected chi connectivity index (χ1v) is 9.20. The summed E-state index contributed by atoms with van der Waals surface area (Å²) < 4.78 is 11.3. The van der Waals surface area contributed by atoms with E-state index in [1.807, 2.05) is 17.0 Å². The molecular formula is C20H33NO3. The van der Waals surface area contributed by atoms with Crippen LogP contribution < -0.4 is 0 Å². The van der Waals surface area contributed by atoms with Crippen molar-refractivity contribution in [3.8, 4) is 0 Å². The van der Waals surface area contributed by atoms with E-state index in [1.165, 1.54) is 0 Å². The van der Waals surface area contributed by atoms with Gasteiger partial charge in [0.1, 0.15) is 5.76 Å². The molecule has 1 aliphatic rings. The predicted molar refractivity (Wildman–Crippen MR) is 95.5 cm³/mol. The average Bonchev–Trinajstić information content (AvgIpc) is 2.97. The van der Waals surface area contributed by atoms with E-state index in [9.17, 15) is 4.79 Å². The summed E-state index contributed by atoms with van der Waals surface area (Å²) in [6, 6.07) is 3.80. The fraction of sp³-hybridized carbons (Fsp3) is 0.750. The van der Waals surface area contributed by atoms with Crippen LogP contribution in [0.1, 0.15) is 59.6 Å². The third-order valence-corrected chi connectivity index (χ3v) is 5.30. The third-order valence-electron chi connectivity index (χ3n) is 5.30. The molecule has 1 aromatic rings. The number of nitrogens with zero attached hydrogens (tertiary/aromatic N) is 1. The number of hydrogen-bond acceptors (Lipinski definition) is 3. The van der Waals surface area contributed by atoms with E-state index in [2.05, 4.69) is 27.7 Å². The van der Waals surface area contributed by atoms with E-state index in [4.69, 9.17) is 9.15 Å². The van der Waals surface area contributed by atoms with Crippen LogP contribution in [0, 0.1) is 17.8 Å². The smallest absolute Gasteiger partial charge is 0.219 e. The summed E-state index contributed by atoms with van der Waals surface area (Å²) in [4.78, 5) is 13.9. The van der Waals surface area contributed by atoms with Crippen molar-refractivity contribution in [2.75, 3.05) is 13.2 Å². The lowest BCUT2D eigenvalue weighted by Gasteiger charge is -2.41. The Morgan fingerprint density at radius 3 is 2.71 bits per heavy atom. The highest BCUT2D eigenvalue weighted by molar-refractivity contribution is 5.73. The number of ether oxygens (including phenoxy) is 1. The second-order valence-electron chi connectivity index (χ2n) is 8.08. The number of hydrogen-bond donors (Lipinski definition) is 0. The minimum Gasteiger partial charge on any atom is -0.467 e. The van der Waals surface area contributed by atoms with Crippen molar-refractivity contribution >= 4 is 5.91 Å². The minimum atomic E-state index is -0.0233. The number of carbonyl (C=O) groups is 1. The molecule has 0 N–H and O–H groups in total. The van der Waals surface area contributed by atoms with Crippen molar-refractivity contribution < 1.29 is 13.9 Å². The molecule has 1 aliphatic heterocycles. The lowest BCUT2D eigenvalue weighted by molar-refractivity contribution is -0.130. The molecule has 2 atom stereocenters. The van der Waals surface area contributed by atoms with Crippen LogP contribution in [0.2, 0.25) is 0 Å². The molecule has 1 aromatic heterocycles. The number of amides is 1. The average molecular weight is 335 g/mol. The first kappa shape index (κ1) is 19.0. The zero-order chi connectivity index (χ0) is 17.7. The summed E-state index contributed by atoms with van der Waals surface area (Å²) in [6.45, 7) is 12.8. The molecule has 0 bridgehead atoms. The van der Waals surface area contributed by atoms with Crippen molar-refractivity contribution in [2.24, 2.45) is 17.8 Å². The Morgan fingerprint density at radius 1 is 1.42 bits per heavy atom. The Labute approximate surface area is 146 Å². The van der Waals surface area contributed by atoms with E-state index < -0.39 is 0 Å². The molecule has 0 aliphatic carbocycles. The Bertz CT molecular complexity index is 507. The van der Waals surface area contributed by atoms with Crippen LogP contribution in [-0.2, 0) is 16.1 Å². The molecule has 1 fully saturated rings. The monoisotopic (exact) mass is 335 g/mol. The van der Waals surface area contributed by atoms with Gasteiger partial charge in [-0.15, -0.1) is 0 Å². The van der Waals surface area contributed by atoms with Crippen molar-refractivity contribution in [3.05, 3.63) is 24.2 Å². The Morgan fingerprint density at radius 2 is 2.17 bits per heavy atom. The van der Waals surface area contributed by atoms with Crippen LogP contribution in [0.15, 0.2) is 22.8 Å². The zero-order valence-electron chi connectivity index (χ0n) is 15.9. The lowest BCUT2D eigenvalue weighted by atomic mass is 9.73. The first-order valence-electron chi connectivity index (χ1n) is 9.20. The van der Waals surface area contributed by atoms with Gasteiger partial charge in [-0.25, -0.2) is 0 Å². The number of furan rings is 1. The van der Waals surface area contributed by atoms with Gasteiger partial charge in [-0.3, -0.25) is 4.79 Å². The molecule has 2 rings (SSSR count). The largest absolute Gasteiger partial charge is 0.467 e. The molecule has 4 nitrogen and oxygen atoms in total. The van der Waals surface area contributed by atoms with Crippen LogP contribution >= 0.6 is 0 Å². The van der Waals surface area contributed by atoms with E-state index in [1.54, 1.807) is 13.2 Å². The van der Waals surface area contributed by atoms with Gasteiger partial charge < -0.3 is 14.1 Å². The summed E-state index contributed by atoms with van der Waals surface area (Å²) in [5.41, 5.74) is -0.0233. The summed E-state index contributed by atoms with van der Waals surface area (Å²) in [6.07, 6.45) is 4.94. The highest BCUT2D eigenvalue weighted by Crippen LogP contribution is 2.38. The van der Waals surface area contributed by atoms with Gasteiger partial charge in [-0.1, -0.05) is 13.8 Å². The second kappa shape index (κ2) is 8.19. The van der Waals surface area contributed by atoms with Crippen molar-refractivity contribution in [1.82, 2.24) is 4.90 Å². The van der Waals surface area contributed by atoms with Crippen LogP contribution in [0.5, 0.6) is 0 Å². The Hall–Kier alpha value is -1.29. The lowest BCUT2D eigenvalue weighted by Crippen LogP contribution is -2.39. The SMILES string of the molecule is CC(=O)N(CC[C@H](C(C)C)[C@H]1CCOC(C)(C)C1)Cc1ccco1. The molecule has 0 radical (unpaired) electrons. The molecule has 4 heteroatoms. The molecule has 24 heavy (non-hydrogen) atoms. The summed E-state index contributed by atoms with van der Waals surface area (Å²) in [5, 5.41) is 0. The highest BCUT2D eigenvalue weighted by atomic mass is 16.5. The minimum absolute atomic E-state index is 0.0233.